The molecule has 6 nitrogen and oxygen atoms in total. The van der Waals surface area contributed by atoms with Gasteiger partial charge in [0.2, 0.25) is 10.0 Å². The lowest BCUT2D eigenvalue weighted by molar-refractivity contribution is -0.140. The van der Waals surface area contributed by atoms with Crippen molar-refractivity contribution in [1.82, 2.24) is 4.31 Å². The first-order valence-corrected chi connectivity index (χ1v) is 8.35. The molecule has 0 aromatic rings. The van der Waals surface area contributed by atoms with Crippen LogP contribution in [0.2, 0.25) is 0 Å². The Morgan fingerprint density at radius 1 is 1.37 bits per heavy atom. The summed E-state index contributed by atoms with van der Waals surface area (Å²) in [4.78, 5) is 11.1. The highest BCUT2D eigenvalue weighted by Crippen LogP contribution is 2.36. The van der Waals surface area contributed by atoms with E-state index in [1.165, 1.54) is 11.4 Å². The summed E-state index contributed by atoms with van der Waals surface area (Å²) in [6.45, 7) is 1.07. The standard InChI is InChI=1S/C12H22N2O4S/c1-18-12(15)5-6-19(16,17)14-7-9-3-2-4-11(13)10(9)8-14/h9-11H,2-8,13H2,1H3. The summed E-state index contributed by atoms with van der Waals surface area (Å²) in [6.07, 6.45) is 3.04. The number of methoxy groups -OCH3 is 1. The summed E-state index contributed by atoms with van der Waals surface area (Å²) < 4.78 is 30.3. The second kappa shape index (κ2) is 5.76. The molecule has 1 aliphatic carbocycles. The van der Waals surface area contributed by atoms with Gasteiger partial charge in [-0.2, -0.15) is 0 Å². The molecule has 7 heteroatoms. The maximum atomic E-state index is 12.2. The highest BCUT2D eigenvalue weighted by atomic mass is 32.2. The zero-order valence-corrected chi connectivity index (χ0v) is 12.1. The van der Waals surface area contributed by atoms with E-state index < -0.39 is 16.0 Å². The van der Waals surface area contributed by atoms with Crippen LogP contribution in [0.5, 0.6) is 0 Å². The monoisotopic (exact) mass is 290 g/mol. The molecule has 3 unspecified atom stereocenters. The van der Waals surface area contributed by atoms with Crippen molar-refractivity contribution in [2.75, 3.05) is 26.0 Å². The Balaban J connectivity index is 1.97. The molecule has 0 spiro atoms. The number of nitrogens with two attached hydrogens (primary N) is 1. The fourth-order valence-electron chi connectivity index (χ4n) is 3.15. The number of rotatable bonds is 4. The fraction of sp³-hybridized carbons (Fsp3) is 0.917. The predicted octanol–water partition coefficient (Wildman–Crippen LogP) is -0.0615. The van der Waals surface area contributed by atoms with Crippen molar-refractivity contribution in [3.8, 4) is 0 Å². The van der Waals surface area contributed by atoms with Crippen molar-refractivity contribution in [3.63, 3.8) is 0 Å². The van der Waals surface area contributed by atoms with Crippen molar-refractivity contribution < 1.29 is 17.9 Å². The molecule has 3 atom stereocenters. The Morgan fingerprint density at radius 3 is 2.74 bits per heavy atom. The van der Waals surface area contributed by atoms with Crippen LogP contribution in [-0.4, -0.2) is 50.7 Å². The molecule has 1 aliphatic heterocycles. The maximum absolute atomic E-state index is 12.2. The number of carbonyl (C=O) groups is 1. The number of nitrogens with zero attached hydrogens (tertiary/aromatic N) is 1. The number of carbonyl (C=O) groups excluding carboxylic acids is 1. The molecule has 110 valence electrons. The van der Waals surface area contributed by atoms with E-state index in [9.17, 15) is 13.2 Å². The summed E-state index contributed by atoms with van der Waals surface area (Å²) in [5, 5.41) is 0. The van der Waals surface area contributed by atoms with Gasteiger partial charge in [0.05, 0.1) is 19.3 Å². The fourth-order valence-corrected chi connectivity index (χ4v) is 4.65. The van der Waals surface area contributed by atoms with Crippen LogP contribution in [0.3, 0.4) is 0 Å². The van der Waals surface area contributed by atoms with Crippen LogP contribution < -0.4 is 5.73 Å². The molecule has 1 saturated heterocycles. The van der Waals surface area contributed by atoms with Gasteiger partial charge in [-0.05, 0) is 24.7 Å². The Labute approximate surface area is 114 Å². The van der Waals surface area contributed by atoms with Crippen LogP contribution in [0.1, 0.15) is 25.7 Å². The number of ether oxygens (including phenoxy) is 1. The summed E-state index contributed by atoms with van der Waals surface area (Å²) in [6, 6.07) is 0.111. The molecule has 2 rings (SSSR count). The van der Waals surface area contributed by atoms with Crippen LogP contribution in [0.25, 0.3) is 0 Å². The van der Waals surface area contributed by atoms with E-state index in [0.717, 1.165) is 19.3 Å². The van der Waals surface area contributed by atoms with Crippen molar-refractivity contribution in [1.29, 1.82) is 0 Å². The number of fused-ring (bicyclic) bond motifs is 1. The molecule has 0 radical (unpaired) electrons. The summed E-state index contributed by atoms with van der Waals surface area (Å²) in [5.74, 6) is 0.00383. The molecule has 0 aromatic heterocycles. The van der Waals surface area contributed by atoms with Crippen LogP contribution in [0.15, 0.2) is 0 Å². The molecule has 1 saturated carbocycles. The Bertz CT molecular complexity index is 437. The molecule has 2 N–H and O–H groups in total. The van der Waals surface area contributed by atoms with Crippen molar-refractivity contribution >= 4 is 16.0 Å². The van der Waals surface area contributed by atoms with E-state index in [1.807, 2.05) is 0 Å². The van der Waals surface area contributed by atoms with Gasteiger partial charge in [-0.3, -0.25) is 4.79 Å². The largest absolute Gasteiger partial charge is 0.469 e. The van der Waals surface area contributed by atoms with E-state index in [2.05, 4.69) is 4.74 Å². The van der Waals surface area contributed by atoms with Crippen molar-refractivity contribution in [2.24, 2.45) is 17.6 Å². The molecule has 0 amide bonds. The number of esters is 1. The third-order valence-corrected chi connectivity index (χ3v) is 6.11. The average Bonchev–Trinajstić information content (AvgIpc) is 2.82. The van der Waals surface area contributed by atoms with Gasteiger partial charge in [0.25, 0.3) is 0 Å². The van der Waals surface area contributed by atoms with Gasteiger partial charge in [0, 0.05) is 19.1 Å². The zero-order valence-electron chi connectivity index (χ0n) is 11.2. The highest BCUT2D eigenvalue weighted by Gasteiger charge is 2.42. The molecular weight excluding hydrogens is 268 g/mol. The van der Waals surface area contributed by atoms with Gasteiger partial charge >= 0.3 is 5.97 Å². The summed E-state index contributed by atoms with van der Waals surface area (Å²) in [5.41, 5.74) is 6.07. The third kappa shape index (κ3) is 3.27. The Morgan fingerprint density at radius 2 is 2.11 bits per heavy atom. The number of hydrogen-bond donors (Lipinski definition) is 1. The Hall–Kier alpha value is -0.660. The average molecular weight is 290 g/mol. The SMILES string of the molecule is COC(=O)CCS(=O)(=O)N1CC2CCCC(N)C2C1. The quantitative estimate of drug-likeness (QED) is 0.733. The normalized spacial score (nSPS) is 32.0. The Kier molecular flexibility index (Phi) is 4.47. The van der Waals surface area contributed by atoms with Gasteiger partial charge in [-0.1, -0.05) is 6.42 Å². The van der Waals surface area contributed by atoms with E-state index >= 15 is 0 Å². The first-order valence-electron chi connectivity index (χ1n) is 6.74. The lowest BCUT2D eigenvalue weighted by Crippen LogP contribution is -2.38. The first-order chi connectivity index (χ1) is 8.94. The van der Waals surface area contributed by atoms with Gasteiger partial charge in [0.15, 0.2) is 0 Å². The minimum absolute atomic E-state index is 0.0866. The van der Waals surface area contributed by atoms with Gasteiger partial charge in [-0.15, -0.1) is 0 Å². The minimum Gasteiger partial charge on any atom is -0.469 e. The second-order valence-electron chi connectivity index (χ2n) is 5.48. The molecule has 19 heavy (non-hydrogen) atoms. The van der Waals surface area contributed by atoms with Gasteiger partial charge in [0.1, 0.15) is 0 Å². The third-order valence-electron chi connectivity index (χ3n) is 4.31. The van der Waals surface area contributed by atoms with Crippen molar-refractivity contribution in [2.45, 2.75) is 31.7 Å². The van der Waals surface area contributed by atoms with E-state index in [-0.39, 0.29) is 24.1 Å². The molecule has 2 fully saturated rings. The van der Waals surface area contributed by atoms with Crippen molar-refractivity contribution in [3.05, 3.63) is 0 Å². The van der Waals surface area contributed by atoms with Crippen LogP contribution in [0.4, 0.5) is 0 Å². The molecule has 1 heterocycles. The second-order valence-corrected chi connectivity index (χ2v) is 7.57. The zero-order chi connectivity index (χ0) is 14.0. The molecule has 2 aliphatic rings. The first kappa shape index (κ1) is 14.7. The molecule has 0 bridgehead atoms. The molecular formula is C12H22N2O4S. The minimum atomic E-state index is -3.37. The number of sulfonamides is 1. The van der Waals surface area contributed by atoms with Gasteiger partial charge < -0.3 is 10.5 Å². The lowest BCUT2D eigenvalue weighted by atomic mass is 9.78. The highest BCUT2D eigenvalue weighted by molar-refractivity contribution is 7.89. The lowest BCUT2D eigenvalue weighted by Gasteiger charge is -2.29. The van der Waals surface area contributed by atoms with E-state index in [4.69, 9.17) is 5.73 Å². The topological polar surface area (TPSA) is 89.7 Å². The number of hydrogen-bond acceptors (Lipinski definition) is 5. The van der Waals surface area contributed by atoms with Gasteiger partial charge in [-0.25, -0.2) is 12.7 Å². The van der Waals surface area contributed by atoms with Crippen LogP contribution in [-0.2, 0) is 19.6 Å². The maximum Gasteiger partial charge on any atom is 0.306 e. The smallest absolute Gasteiger partial charge is 0.306 e. The van der Waals surface area contributed by atoms with Crippen LogP contribution in [0, 0.1) is 11.8 Å². The van der Waals surface area contributed by atoms with Crippen LogP contribution >= 0.6 is 0 Å². The van der Waals surface area contributed by atoms with E-state index in [0.29, 0.717) is 19.0 Å². The van der Waals surface area contributed by atoms with E-state index in [1.54, 1.807) is 0 Å². The predicted molar refractivity (Wildman–Crippen MR) is 70.8 cm³/mol. The summed E-state index contributed by atoms with van der Waals surface area (Å²) in [7, 11) is -2.11. The summed E-state index contributed by atoms with van der Waals surface area (Å²) >= 11 is 0. The molecule has 0 aromatic carbocycles.